The van der Waals surface area contributed by atoms with Crippen LogP contribution in [0.3, 0.4) is 0 Å². The lowest BCUT2D eigenvalue weighted by Crippen LogP contribution is -2.07. The van der Waals surface area contributed by atoms with Gasteiger partial charge in [-0.1, -0.05) is 48.5 Å². The van der Waals surface area contributed by atoms with Gasteiger partial charge in [0.05, 0.1) is 5.69 Å². The predicted octanol–water partition coefficient (Wildman–Crippen LogP) is 5.28. The Morgan fingerprint density at radius 2 is 1.85 bits per heavy atom. The van der Waals surface area contributed by atoms with Crippen LogP contribution < -0.4 is 4.74 Å². The van der Waals surface area contributed by atoms with Crippen molar-refractivity contribution in [3.05, 3.63) is 82.4 Å². The number of aryl methyl sites for hydroxylation is 2. The number of hydrogen-bond acceptors (Lipinski definition) is 3. The molecule has 130 valence electrons. The molecular formula is C21H19N3OS. The summed E-state index contributed by atoms with van der Waals surface area (Å²) in [6.07, 6.45) is 0. The van der Waals surface area contributed by atoms with Gasteiger partial charge in [-0.15, -0.1) is 0 Å². The van der Waals surface area contributed by atoms with Crippen LogP contribution in [0.5, 0.6) is 5.75 Å². The topological polar surface area (TPSA) is 42.8 Å². The van der Waals surface area contributed by atoms with Crippen LogP contribution in [0.2, 0.25) is 0 Å². The monoisotopic (exact) mass is 361 g/mol. The van der Waals surface area contributed by atoms with Crippen molar-refractivity contribution in [2.45, 2.75) is 20.5 Å². The smallest absolute Gasteiger partial charge is 0.199 e. The lowest BCUT2D eigenvalue weighted by molar-refractivity contribution is 0.297. The highest BCUT2D eigenvalue weighted by molar-refractivity contribution is 7.71. The summed E-state index contributed by atoms with van der Waals surface area (Å²) < 4.78 is 8.61. The van der Waals surface area contributed by atoms with E-state index in [1.165, 1.54) is 5.56 Å². The Hall–Kier alpha value is -2.92. The highest BCUT2D eigenvalue weighted by Crippen LogP contribution is 2.26. The molecule has 4 rings (SSSR count). The molecular weight excluding hydrogens is 342 g/mol. The van der Waals surface area contributed by atoms with Crippen LogP contribution in [-0.4, -0.2) is 14.8 Å². The maximum absolute atomic E-state index is 6.10. The summed E-state index contributed by atoms with van der Waals surface area (Å²) in [5.74, 6) is 1.58. The zero-order chi connectivity index (χ0) is 18.1. The van der Waals surface area contributed by atoms with Crippen LogP contribution in [0, 0.1) is 18.6 Å². The van der Waals surface area contributed by atoms with Gasteiger partial charge in [-0.05, 0) is 54.7 Å². The van der Waals surface area contributed by atoms with Crippen molar-refractivity contribution in [3.8, 4) is 11.4 Å². The fourth-order valence-electron chi connectivity index (χ4n) is 3.10. The number of ether oxygens (including phenoxy) is 1. The predicted molar refractivity (Wildman–Crippen MR) is 107 cm³/mol. The minimum atomic E-state index is 0.328. The molecule has 0 bridgehead atoms. The third-order valence-corrected chi connectivity index (χ3v) is 4.73. The van der Waals surface area contributed by atoms with E-state index < -0.39 is 0 Å². The number of hydrogen-bond donors (Lipinski definition) is 1. The van der Waals surface area contributed by atoms with E-state index in [-0.39, 0.29) is 0 Å². The van der Waals surface area contributed by atoms with Crippen molar-refractivity contribution >= 4 is 23.0 Å². The number of benzene rings is 3. The Labute approximate surface area is 157 Å². The fourth-order valence-corrected chi connectivity index (χ4v) is 3.35. The second-order valence-electron chi connectivity index (χ2n) is 6.34. The maximum atomic E-state index is 6.10. The molecule has 4 aromatic rings. The van der Waals surface area contributed by atoms with Crippen LogP contribution in [0.1, 0.15) is 17.0 Å². The Bertz CT molecular complexity index is 1140. The van der Waals surface area contributed by atoms with Crippen molar-refractivity contribution in [3.63, 3.8) is 0 Å². The number of nitrogens with zero attached hydrogens (tertiary/aromatic N) is 2. The van der Waals surface area contributed by atoms with Crippen LogP contribution in [0.25, 0.3) is 16.5 Å². The summed E-state index contributed by atoms with van der Waals surface area (Å²) in [5, 5.41) is 9.51. The van der Waals surface area contributed by atoms with E-state index in [0.29, 0.717) is 11.4 Å². The van der Waals surface area contributed by atoms with E-state index in [1.54, 1.807) is 0 Å². The first kappa shape index (κ1) is 16.5. The zero-order valence-electron chi connectivity index (χ0n) is 14.7. The molecule has 0 amide bonds. The molecule has 0 saturated carbocycles. The first-order valence-corrected chi connectivity index (χ1v) is 8.89. The summed E-state index contributed by atoms with van der Waals surface area (Å²) >= 11 is 5.46. The van der Waals surface area contributed by atoms with E-state index in [4.69, 9.17) is 17.0 Å². The molecule has 1 heterocycles. The van der Waals surface area contributed by atoms with Crippen LogP contribution >= 0.6 is 12.2 Å². The molecule has 0 aliphatic heterocycles. The van der Waals surface area contributed by atoms with Gasteiger partial charge < -0.3 is 4.74 Å². The van der Waals surface area contributed by atoms with Crippen molar-refractivity contribution < 1.29 is 4.74 Å². The van der Waals surface area contributed by atoms with Gasteiger partial charge in [-0.3, -0.25) is 9.67 Å². The van der Waals surface area contributed by atoms with Gasteiger partial charge in [0.1, 0.15) is 12.4 Å². The molecule has 0 spiro atoms. The van der Waals surface area contributed by atoms with Crippen LogP contribution in [-0.2, 0) is 6.61 Å². The molecule has 0 unspecified atom stereocenters. The van der Waals surface area contributed by atoms with Crippen molar-refractivity contribution in [2.24, 2.45) is 0 Å². The molecule has 0 saturated heterocycles. The van der Waals surface area contributed by atoms with Gasteiger partial charge in [0, 0.05) is 5.39 Å². The average molecular weight is 361 g/mol. The average Bonchev–Trinajstić information content (AvgIpc) is 3.02. The summed E-state index contributed by atoms with van der Waals surface area (Å²) in [4.78, 5) is 0. The molecule has 0 fully saturated rings. The van der Waals surface area contributed by atoms with Gasteiger partial charge in [-0.25, -0.2) is 0 Å². The van der Waals surface area contributed by atoms with E-state index in [9.17, 15) is 0 Å². The van der Waals surface area contributed by atoms with Crippen LogP contribution in [0.4, 0.5) is 0 Å². The standard InChI is InChI=1S/C21H19N3OS/c1-14-10-11-15(2)18(12-14)24-20(22-23-21(24)26)13-25-19-9-5-7-16-6-3-4-8-17(16)19/h3-12H,13H2,1-2H3,(H,23,26). The summed E-state index contributed by atoms with van der Waals surface area (Å²) in [5.41, 5.74) is 3.34. The molecule has 0 aliphatic carbocycles. The number of H-pyrrole nitrogens is 1. The minimum absolute atomic E-state index is 0.328. The number of aromatic nitrogens is 3. The van der Waals surface area contributed by atoms with E-state index in [1.807, 2.05) is 28.8 Å². The molecule has 0 atom stereocenters. The lowest BCUT2D eigenvalue weighted by atomic mass is 10.1. The molecule has 3 aromatic carbocycles. The normalized spacial score (nSPS) is 11.0. The highest BCUT2D eigenvalue weighted by Gasteiger charge is 2.12. The Morgan fingerprint density at radius 1 is 1.04 bits per heavy atom. The van der Waals surface area contributed by atoms with E-state index in [0.717, 1.165) is 33.6 Å². The Morgan fingerprint density at radius 3 is 2.73 bits per heavy atom. The molecule has 1 N–H and O–H groups in total. The third kappa shape index (κ3) is 3.02. The molecule has 0 aliphatic rings. The Balaban J connectivity index is 1.70. The molecule has 4 nitrogen and oxygen atoms in total. The third-order valence-electron chi connectivity index (χ3n) is 4.45. The van der Waals surface area contributed by atoms with Crippen LogP contribution in [0.15, 0.2) is 60.7 Å². The van der Waals surface area contributed by atoms with Gasteiger partial charge in [0.2, 0.25) is 0 Å². The summed E-state index contributed by atoms with van der Waals surface area (Å²) in [7, 11) is 0. The second kappa shape index (κ2) is 6.77. The van der Waals surface area contributed by atoms with Gasteiger partial charge in [-0.2, -0.15) is 5.10 Å². The highest BCUT2D eigenvalue weighted by atomic mass is 32.1. The number of rotatable bonds is 4. The van der Waals surface area contributed by atoms with E-state index in [2.05, 4.69) is 60.4 Å². The minimum Gasteiger partial charge on any atom is -0.485 e. The van der Waals surface area contributed by atoms with Gasteiger partial charge in [0.15, 0.2) is 10.6 Å². The number of fused-ring (bicyclic) bond motifs is 1. The number of nitrogens with one attached hydrogen (secondary N) is 1. The molecule has 0 radical (unpaired) electrons. The van der Waals surface area contributed by atoms with E-state index >= 15 is 0 Å². The molecule has 26 heavy (non-hydrogen) atoms. The van der Waals surface area contributed by atoms with Crippen molar-refractivity contribution in [2.75, 3.05) is 0 Å². The fraction of sp³-hybridized carbons (Fsp3) is 0.143. The first-order chi connectivity index (χ1) is 12.6. The summed E-state index contributed by atoms with van der Waals surface area (Å²) in [6, 6.07) is 20.5. The van der Waals surface area contributed by atoms with Crippen molar-refractivity contribution in [1.29, 1.82) is 0 Å². The first-order valence-electron chi connectivity index (χ1n) is 8.48. The molecule has 5 heteroatoms. The lowest BCUT2D eigenvalue weighted by Gasteiger charge is -2.12. The Kier molecular flexibility index (Phi) is 4.31. The zero-order valence-corrected chi connectivity index (χ0v) is 15.5. The van der Waals surface area contributed by atoms with Gasteiger partial charge in [0.25, 0.3) is 0 Å². The van der Waals surface area contributed by atoms with Gasteiger partial charge >= 0.3 is 0 Å². The largest absolute Gasteiger partial charge is 0.485 e. The van der Waals surface area contributed by atoms with Crippen molar-refractivity contribution in [1.82, 2.24) is 14.8 Å². The quantitative estimate of drug-likeness (QED) is 0.503. The number of aromatic amines is 1. The maximum Gasteiger partial charge on any atom is 0.199 e. The second-order valence-corrected chi connectivity index (χ2v) is 6.72. The molecule has 1 aromatic heterocycles. The summed E-state index contributed by atoms with van der Waals surface area (Å²) in [6.45, 7) is 4.46. The SMILES string of the molecule is Cc1ccc(C)c(-n2c(COc3cccc4ccccc34)n[nH]c2=S)c1.